The second-order valence-electron chi connectivity index (χ2n) is 23.5. The third-order valence-corrected chi connectivity index (χ3v) is 21.2. The Morgan fingerprint density at radius 1 is 0.689 bits per heavy atom. The van der Waals surface area contributed by atoms with Gasteiger partial charge in [0.1, 0.15) is 5.78 Å². The highest BCUT2D eigenvalue weighted by atomic mass is 16.5. The molecular weight excluding hydrogens is 765 g/mol. The zero-order valence-corrected chi connectivity index (χ0v) is 39.6. The molecule has 0 aromatic carbocycles. The number of ether oxygens (including phenoxy) is 1. The first-order chi connectivity index (χ1) is 28.8. The van der Waals surface area contributed by atoms with Gasteiger partial charge in [0.25, 0.3) is 0 Å². The standard InChI is InChI=1S/C27H42O4.C26H42O4/c1-6-18-22-15-17(28)11-13-27(22,4)21-12-14-26(3)19(16(2)7-10-23(29)31-5)8-9-20(26)24(21)25(18)30;1-5-17-21-14-16(27)10-12-26(21,4)20-11-13-25(3)18(15(2)6-9-22(28)29)7-8-19(25)23(20)24(17)30/h6,16-17,19-22,24,28H,7-15H2,1-5H3;15-21,23,27H,5-14H2,1-4H3,(H,28,29)/t16-,17-,19?,20+,21?,22+,24?,26-,27-;15-,16-,17-,18?,19+,20?,21+,23?,25-,26-/m11/s1. The van der Waals surface area contributed by atoms with E-state index in [4.69, 9.17) is 9.84 Å². The minimum atomic E-state index is -0.697. The van der Waals surface area contributed by atoms with E-state index in [0.29, 0.717) is 71.2 Å². The second kappa shape index (κ2) is 17.7. The van der Waals surface area contributed by atoms with Gasteiger partial charge >= 0.3 is 11.9 Å². The summed E-state index contributed by atoms with van der Waals surface area (Å²) in [7, 11) is 1.47. The number of aliphatic hydroxyl groups is 2. The van der Waals surface area contributed by atoms with Crippen molar-refractivity contribution in [3.63, 3.8) is 0 Å². The quantitative estimate of drug-likeness (QED) is 0.154. The fraction of sp³-hybridized carbons (Fsp3) is 0.887. The molecule has 19 atom stereocenters. The number of methoxy groups -OCH3 is 1. The van der Waals surface area contributed by atoms with Crippen LogP contribution < -0.4 is 0 Å². The Kier molecular flexibility index (Phi) is 13.6. The SMILES string of the molecule is CC=C1C(=O)C2C(CC[C@]3(C)C([C@H](C)CCC(=O)OC)CC[C@@H]23)[C@@]2(C)CC[C@@H](O)C[C@@H]12.CC[C@H]1C(=O)C2C(CC[C@]3(C)C([C@H](C)CCC(=O)O)CC[C@@H]23)[C@@]2(C)CC[C@@H](O)C[C@@H]12. The minimum absolute atomic E-state index is 0.108. The molecule has 0 amide bonds. The number of fused-ring (bicyclic) bond motifs is 10. The fourth-order valence-electron chi connectivity index (χ4n) is 18.0. The lowest BCUT2D eigenvalue weighted by Crippen LogP contribution is -2.60. The van der Waals surface area contributed by atoms with Gasteiger partial charge in [-0.3, -0.25) is 19.2 Å². The second-order valence-corrected chi connectivity index (χ2v) is 23.5. The minimum Gasteiger partial charge on any atom is -0.481 e. The first-order valence-electron chi connectivity index (χ1n) is 25.2. The smallest absolute Gasteiger partial charge is 0.305 e. The number of aliphatic carboxylic acids is 1. The van der Waals surface area contributed by atoms with Crippen LogP contribution in [0.5, 0.6) is 0 Å². The molecule has 0 aromatic rings. The molecule has 344 valence electrons. The third-order valence-electron chi connectivity index (χ3n) is 21.2. The summed E-state index contributed by atoms with van der Waals surface area (Å²) in [6.45, 7) is 18.5. The molecular formula is C53H84O8. The van der Waals surface area contributed by atoms with Crippen LogP contribution in [-0.4, -0.2) is 58.1 Å². The molecule has 8 rings (SSSR count). The lowest BCUT2D eigenvalue weighted by molar-refractivity contribution is -0.173. The topological polar surface area (TPSA) is 138 Å². The Labute approximate surface area is 368 Å². The predicted octanol–water partition coefficient (Wildman–Crippen LogP) is 10.7. The molecule has 0 spiro atoms. The zero-order valence-electron chi connectivity index (χ0n) is 39.6. The number of allylic oxidation sites excluding steroid dienone is 2. The monoisotopic (exact) mass is 849 g/mol. The third kappa shape index (κ3) is 7.85. The number of hydrogen-bond acceptors (Lipinski definition) is 7. The lowest BCUT2D eigenvalue weighted by atomic mass is 9.42. The Morgan fingerprint density at radius 3 is 1.72 bits per heavy atom. The van der Waals surface area contributed by atoms with Gasteiger partial charge in [0.15, 0.2) is 5.78 Å². The molecule has 0 aliphatic heterocycles. The van der Waals surface area contributed by atoms with Gasteiger partial charge in [0.05, 0.1) is 19.3 Å². The number of aliphatic hydroxyl groups excluding tert-OH is 2. The normalized spacial score (nSPS) is 47.9. The van der Waals surface area contributed by atoms with Crippen LogP contribution in [0, 0.1) is 98.6 Å². The van der Waals surface area contributed by atoms with Gasteiger partial charge in [-0.25, -0.2) is 0 Å². The van der Waals surface area contributed by atoms with Crippen molar-refractivity contribution < 1.29 is 39.2 Å². The number of esters is 1. The molecule has 0 heterocycles. The van der Waals surface area contributed by atoms with Crippen molar-refractivity contribution >= 4 is 23.5 Å². The number of carbonyl (C=O) groups excluding carboxylic acids is 3. The molecule has 8 heteroatoms. The van der Waals surface area contributed by atoms with Crippen LogP contribution in [0.25, 0.3) is 0 Å². The molecule has 0 aromatic heterocycles. The molecule has 8 aliphatic carbocycles. The van der Waals surface area contributed by atoms with E-state index in [1.165, 1.54) is 26.4 Å². The maximum atomic E-state index is 13.9. The van der Waals surface area contributed by atoms with Gasteiger partial charge in [-0.05, 0) is 202 Å². The Balaban J connectivity index is 0.000000184. The Morgan fingerprint density at radius 2 is 1.18 bits per heavy atom. The van der Waals surface area contributed by atoms with Crippen molar-refractivity contribution in [1.29, 1.82) is 0 Å². The van der Waals surface area contributed by atoms with Crippen LogP contribution in [0.3, 0.4) is 0 Å². The molecule has 8 aliphatic rings. The van der Waals surface area contributed by atoms with Gasteiger partial charge < -0.3 is 20.1 Å². The van der Waals surface area contributed by atoms with E-state index in [0.717, 1.165) is 95.5 Å². The van der Waals surface area contributed by atoms with E-state index in [1.807, 2.05) is 6.92 Å². The summed E-state index contributed by atoms with van der Waals surface area (Å²) in [6, 6.07) is 0. The Hall–Kier alpha value is -2.06. The van der Waals surface area contributed by atoms with Crippen molar-refractivity contribution in [2.75, 3.05) is 7.11 Å². The van der Waals surface area contributed by atoms with Crippen LogP contribution in [-0.2, 0) is 23.9 Å². The summed E-state index contributed by atoms with van der Waals surface area (Å²) in [5, 5.41) is 29.9. The highest BCUT2D eigenvalue weighted by Crippen LogP contribution is 2.70. The van der Waals surface area contributed by atoms with Gasteiger partial charge in [-0.1, -0.05) is 54.5 Å². The van der Waals surface area contributed by atoms with Gasteiger partial charge in [0, 0.05) is 30.6 Å². The number of carbonyl (C=O) groups is 4. The number of ketones is 2. The summed E-state index contributed by atoms with van der Waals surface area (Å²) in [5.74, 6) is 4.88. The first-order valence-corrected chi connectivity index (χ1v) is 25.2. The van der Waals surface area contributed by atoms with E-state index in [2.05, 4.69) is 54.5 Å². The first kappa shape index (κ1) is 46.9. The van der Waals surface area contributed by atoms with Crippen molar-refractivity contribution in [2.24, 2.45) is 98.6 Å². The average molecular weight is 849 g/mol. The summed E-state index contributed by atoms with van der Waals surface area (Å²) >= 11 is 0. The number of Topliss-reactive ketones (excluding diaryl/α,β-unsaturated/α-hetero) is 2. The highest BCUT2D eigenvalue weighted by molar-refractivity contribution is 5.99. The summed E-state index contributed by atoms with van der Waals surface area (Å²) in [5.41, 5.74) is 1.68. The van der Waals surface area contributed by atoms with E-state index in [9.17, 15) is 29.4 Å². The van der Waals surface area contributed by atoms with E-state index < -0.39 is 5.97 Å². The molecule has 8 fully saturated rings. The largest absolute Gasteiger partial charge is 0.481 e. The van der Waals surface area contributed by atoms with E-state index in [1.54, 1.807) is 0 Å². The maximum absolute atomic E-state index is 13.9. The van der Waals surface area contributed by atoms with Crippen molar-refractivity contribution in [2.45, 2.75) is 190 Å². The Bertz CT molecular complexity index is 1690. The zero-order chi connectivity index (χ0) is 44.4. The predicted molar refractivity (Wildman–Crippen MR) is 238 cm³/mol. The van der Waals surface area contributed by atoms with Gasteiger partial charge in [0.2, 0.25) is 0 Å². The van der Waals surface area contributed by atoms with Crippen molar-refractivity contribution in [1.82, 2.24) is 0 Å². The molecule has 0 bridgehead atoms. The molecule has 8 nitrogen and oxygen atoms in total. The van der Waals surface area contributed by atoms with E-state index in [-0.39, 0.29) is 69.9 Å². The summed E-state index contributed by atoms with van der Waals surface area (Å²) in [6.07, 6.45) is 19.5. The van der Waals surface area contributed by atoms with Crippen molar-refractivity contribution in [3.8, 4) is 0 Å². The fourth-order valence-corrected chi connectivity index (χ4v) is 18.0. The van der Waals surface area contributed by atoms with Gasteiger partial charge in [-0.15, -0.1) is 0 Å². The average Bonchev–Trinajstić information content (AvgIpc) is 3.77. The number of carboxylic acids is 1. The molecule has 6 unspecified atom stereocenters. The van der Waals surface area contributed by atoms with Crippen LogP contribution in [0.2, 0.25) is 0 Å². The van der Waals surface area contributed by atoms with Gasteiger partial charge in [-0.2, -0.15) is 0 Å². The lowest BCUT2D eigenvalue weighted by Gasteiger charge is -2.62. The number of rotatable bonds is 9. The van der Waals surface area contributed by atoms with Crippen LogP contribution in [0.15, 0.2) is 11.6 Å². The molecule has 61 heavy (non-hydrogen) atoms. The number of hydrogen-bond donors (Lipinski definition) is 3. The molecule has 0 radical (unpaired) electrons. The molecule has 0 saturated heterocycles. The van der Waals surface area contributed by atoms with Crippen LogP contribution >= 0.6 is 0 Å². The number of carboxylic acid groups (broad SMARTS) is 1. The summed E-state index contributed by atoms with van der Waals surface area (Å²) in [4.78, 5) is 50.6. The van der Waals surface area contributed by atoms with Crippen LogP contribution in [0.1, 0.15) is 177 Å². The summed E-state index contributed by atoms with van der Waals surface area (Å²) < 4.78 is 4.87. The molecule has 8 saturated carbocycles. The van der Waals surface area contributed by atoms with Crippen LogP contribution in [0.4, 0.5) is 0 Å². The maximum Gasteiger partial charge on any atom is 0.305 e. The highest BCUT2D eigenvalue weighted by Gasteiger charge is 2.66. The van der Waals surface area contributed by atoms with E-state index >= 15 is 0 Å². The van der Waals surface area contributed by atoms with Crippen molar-refractivity contribution in [3.05, 3.63) is 11.6 Å². The molecule has 3 N–H and O–H groups in total.